The summed E-state index contributed by atoms with van der Waals surface area (Å²) < 4.78 is 0. The van der Waals surface area contributed by atoms with E-state index in [0.717, 1.165) is 13.0 Å². The number of nitrogens with zero attached hydrogens (tertiary/aromatic N) is 1. The van der Waals surface area contributed by atoms with Gasteiger partial charge in [-0.3, -0.25) is 4.90 Å². The molecule has 0 fully saturated rings. The van der Waals surface area contributed by atoms with Gasteiger partial charge in [0.25, 0.3) is 0 Å². The molecule has 3 heteroatoms. The highest BCUT2D eigenvalue weighted by Crippen LogP contribution is 2.18. The molecule has 0 aromatic rings. The van der Waals surface area contributed by atoms with Crippen molar-refractivity contribution in [1.82, 2.24) is 4.90 Å². The molecule has 0 amide bonds. The number of aliphatic hydroxyl groups is 2. The maximum Gasteiger partial charge on any atom is 0.0558 e. The summed E-state index contributed by atoms with van der Waals surface area (Å²) in [6.45, 7) is 2.73. The molecule has 82 valence electrons. The minimum atomic E-state index is 0.183. The third-order valence-electron chi connectivity index (χ3n) is 2.73. The molecule has 0 aliphatic heterocycles. The predicted octanol–water partition coefficient (Wildman–Crippen LogP) is 0.629. The Balaban J connectivity index is 2.26. The second kappa shape index (κ2) is 6.98. The lowest BCUT2D eigenvalue weighted by molar-refractivity contribution is 0.142. The molecule has 1 atom stereocenters. The van der Waals surface area contributed by atoms with Gasteiger partial charge in [-0.2, -0.15) is 0 Å². The molecule has 0 radical (unpaired) electrons. The number of hydrogen-bond donors (Lipinski definition) is 2. The minimum Gasteiger partial charge on any atom is -0.395 e. The molecular formula is C11H21NO2. The highest BCUT2D eigenvalue weighted by atomic mass is 16.3. The van der Waals surface area contributed by atoms with E-state index in [0.29, 0.717) is 19.0 Å². The number of allylic oxidation sites excluding steroid dienone is 2. The van der Waals surface area contributed by atoms with E-state index in [1.165, 1.54) is 12.8 Å². The maximum atomic E-state index is 8.86. The monoisotopic (exact) mass is 199 g/mol. The Kier molecular flexibility index (Phi) is 5.83. The van der Waals surface area contributed by atoms with Crippen LogP contribution in [0.4, 0.5) is 0 Å². The molecule has 2 N–H and O–H groups in total. The van der Waals surface area contributed by atoms with Crippen LogP contribution in [0.3, 0.4) is 0 Å². The smallest absolute Gasteiger partial charge is 0.0558 e. The van der Waals surface area contributed by atoms with E-state index in [2.05, 4.69) is 17.1 Å². The van der Waals surface area contributed by atoms with Gasteiger partial charge < -0.3 is 10.2 Å². The molecule has 1 aliphatic carbocycles. The lowest BCUT2D eigenvalue weighted by Crippen LogP contribution is -2.34. The molecule has 0 bridgehead atoms. The van der Waals surface area contributed by atoms with Crippen molar-refractivity contribution in [2.75, 3.05) is 32.8 Å². The summed E-state index contributed by atoms with van der Waals surface area (Å²) in [5, 5.41) is 17.7. The van der Waals surface area contributed by atoms with Gasteiger partial charge in [0, 0.05) is 19.6 Å². The van der Waals surface area contributed by atoms with Crippen LogP contribution in [0, 0.1) is 5.92 Å². The molecule has 0 aromatic carbocycles. The zero-order valence-corrected chi connectivity index (χ0v) is 8.73. The van der Waals surface area contributed by atoms with Crippen LogP contribution in [0.2, 0.25) is 0 Å². The molecule has 0 heterocycles. The van der Waals surface area contributed by atoms with E-state index in [-0.39, 0.29) is 13.2 Å². The average molecular weight is 199 g/mol. The summed E-state index contributed by atoms with van der Waals surface area (Å²) in [6, 6.07) is 0. The molecule has 14 heavy (non-hydrogen) atoms. The number of aliphatic hydroxyl groups excluding tert-OH is 2. The molecule has 0 saturated heterocycles. The van der Waals surface area contributed by atoms with Crippen molar-refractivity contribution in [3.63, 3.8) is 0 Å². The first-order valence-corrected chi connectivity index (χ1v) is 5.46. The molecule has 1 unspecified atom stereocenters. The summed E-state index contributed by atoms with van der Waals surface area (Å²) in [6.07, 6.45) is 8.04. The van der Waals surface area contributed by atoms with E-state index in [1.54, 1.807) is 0 Å². The second-order valence-electron chi connectivity index (χ2n) is 3.90. The van der Waals surface area contributed by atoms with E-state index in [9.17, 15) is 0 Å². The van der Waals surface area contributed by atoms with Crippen LogP contribution in [0.15, 0.2) is 12.2 Å². The van der Waals surface area contributed by atoms with Gasteiger partial charge in [0.1, 0.15) is 0 Å². The van der Waals surface area contributed by atoms with Gasteiger partial charge in [0.15, 0.2) is 0 Å². The quantitative estimate of drug-likeness (QED) is 0.617. The summed E-state index contributed by atoms with van der Waals surface area (Å²) in [5.41, 5.74) is 0. The zero-order chi connectivity index (χ0) is 10.2. The Morgan fingerprint density at radius 3 is 2.36 bits per heavy atom. The molecule has 0 aromatic heterocycles. The predicted molar refractivity (Wildman–Crippen MR) is 57.1 cm³/mol. The third-order valence-corrected chi connectivity index (χ3v) is 2.73. The van der Waals surface area contributed by atoms with Crippen molar-refractivity contribution in [2.45, 2.75) is 19.3 Å². The molecule has 0 spiro atoms. The average Bonchev–Trinajstić information content (AvgIpc) is 2.20. The topological polar surface area (TPSA) is 43.7 Å². The van der Waals surface area contributed by atoms with Gasteiger partial charge in [-0.15, -0.1) is 0 Å². The van der Waals surface area contributed by atoms with Gasteiger partial charge in [0.2, 0.25) is 0 Å². The summed E-state index contributed by atoms with van der Waals surface area (Å²) in [4.78, 5) is 2.14. The summed E-state index contributed by atoms with van der Waals surface area (Å²) in [7, 11) is 0. The Morgan fingerprint density at radius 1 is 1.14 bits per heavy atom. The first-order chi connectivity index (χ1) is 6.86. The van der Waals surface area contributed by atoms with Crippen LogP contribution in [0.5, 0.6) is 0 Å². The zero-order valence-electron chi connectivity index (χ0n) is 8.73. The summed E-state index contributed by atoms with van der Waals surface area (Å²) >= 11 is 0. The number of rotatable bonds is 6. The normalized spacial score (nSPS) is 21.8. The van der Waals surface area contributed by atoms with Gasteiger partial charge in [-0.05, 0) is 25.2 Å². The van der Waals surface area contributed by atoms with E-state index < -0.39 is 0 Å². The molecule has 1 rings (SSSR count). The SMILES string of the molecule is OCCN(CCO)CC1CC=CCC1. The van der Waals surface area contributed by atoms with Crippen molar-refractivity contribution in [3.05, 3.63) is 12.2 Å². The van der Waals surface area contributed by atoms with E-state index in [1.807, 2.05) is 0 Å². The maximum absolute atomic E-state index is 8.86. The van der Waals surface area contributed by atoms with Crippen molar-refractivity contribution in [2.24, 2.45) is 5.92 Å². The van der Waals surface area contributed by atoms with Gasteiger partial charge in [-0.25, -0.2) is 0 Å². The van der Waals surface area contributed by atoms with Crippen LogP contribution in [-0.4, -0.2) is 48.0 Å². The molecule has 0 saturated carbocycles. The van der Waals surface area contributed by atoms with E-state index in [4.69, 9.17) is 10.2 Å². The van der Waals surface area contributed by atoms with Gasteiger partial charge >= 0.3 is 0 Å². The number of hydrogen-bond acceptors (Lipinski definition) is 3. The van der Waals surface area contributed by atoms with Crippen LogP contribution in [0.25, 0.3) is 0 Å². The molecular weight excluding hydrogens is 178 g/mol. The lowest BCUT2D eigenvalue weighted by atomic mass is 9.94. The van der Waals surface area contributed by atoms with Crippen molar-refractivity contribution < 1.29 is 10.2 Å². The minimum absolute atomic E-state index is 0.183. The first-order valence-electron chi connectivity index (χ1n) is 5.46. The van der Waals surface area contributed by atoms with Crippen LogP contribution < -0.4 is 0 Å². The Morgan fingerprint density at radius 2 is 1.86 bits per heavy atom. The van der Waals surface area contributed by atoms with Crippen molar-refractivity contribution >= 4 is 0 Å². The first kappa shape index (κ1) is 11.7. The highest BCUT2D eigenvalue weighted by Gasteiger charge is 2.13. The van der Waals surface area contributed by atoms with Crippen LogP contribution >= 0.6 is 0 Å². The largest absolute Gasteiger partial charge is 0.395 e. The fourth-order valence-electron chi connectivity index (χ4n) is 1.96. The van der Waals surface area contributed by atoms with Crippen LogP contribution in [0.1, 0.15) is 19.3 Å². The molecule has 1 aliphatic rings. The Labute approximate surface area is 86.0 Å². The van der Waals surface area contributed by atoms with Crippen molar-refractivity contribution in [1.29, 1.82) is 0 Å². The van der Waals surface area contributed by atoms with Gasteiger partial charge in [0.05, 0.1) is 13.2 Å². The fourth-order valence-corrected chi connectivity index (χ4v) is 1.96. The van der Waals surface area contributed by atoms with Crippen LogP contribution in [-0.2, 0) is 0 Å². The van der Waals surface area contributed by atoms with E-state index >= 15 is 0 Å². The summed E-state index contributed by atoms with van der Waals surface area (Å²) in [5.74, 6) is 0.707. The molecule has 3 nitrogen and oxygen atoms in total. The van der Waals surface area contributed by atoms with Crippen molar-refractivity contribution in [3.8, 4) is 0 Å². The lowest BCUT2D eigenvalue weighted by Gasteiger charge is -2.26. The van der Waals surface area contributed by atoms with Gasteiger partial charge in [-0.1, -0.05) is 12.2 Å². The highest BCUT2D eigenvalue weighted by molar-refractivity contribution is 4.90. The standard InChI is InChI=1S/C11H21NO2/c13-8-6-12(7-9-14)10-11-4-2-1-3-5-11/h1-2,11,13-14H,3-10H2. The Hall–Kier alpha value is -0.380. The fraction of sp³-hybridized carbons (Fsp3) is 0.818. The third kappa shape index (κ3) is 4.22. The Bertz CT molecular complexity index is 165. The second-order valence-corrected chi connectivity index (χ2v) is 3.90.